The van der Waals surface area contributed by atoms with Gasteiger partial charge in [-0.3, -0.25) is 14.6 Å². The standard InChI is InChI=1S/C15H11N3O3/c19-8-10-2-1-3-11(6-10)21-9-14-17-13-7-16-5-4-12(13)15(20)18-14/h1-8H,9H2,(H,17,18,20). The third-order valence-electron chi connectivity index (χ3n) is 2.93. The van der Waals surface area contributed by atoms with Crippen LogP contribution in [0.15, 0.2) is 47.5 Å². The van der Waals surface area contributed by atoms with Crippen molar-refractivity contribution in [3.63, 3.8) is 0 Å². The minimum absolute atomic E-state index is 0.0996. The molecule has 0 aliphatic rings. The van der Waals surface area contributed by atoms with Crippen molar-refractivity contribution in [1.29, 1.82) is 0 Å². The minimum atomic E-state index is -0.234. The molecule has 6 heteroatoms. The van der Waals surface area contributed by atoms with Crippen LogP contribution in [0.25, 0.3) is 10.9 Å². The van der Waals surface area contributed by atoms with Crippen LogP contribution >= 0.6 is 0 Å². The molecule has 1 N–H and O–H groups in total. The molecule has 1 aromatic carbocycles. The number of pyridine rings is 1. The van der Waals surface area contributed by atoms with Gasteiger partial charge in [0.1, 0.15) is 24.5 Å². The number of H-pyrrole nitrogens is 1. The fourth-order valence-electron chi connectivity index (χ4n) is 1.94. The number of ether oxygens (including phenoxy) is 1. The molecule has 3 rings (SSSR count). The molecule has 0 saturated carbocycles. The van der Waals surface area contributed by atoms with Gasteiger partial charge >= 0.3 is 0 Å². The van der Waals surface area contributed by atoms with Gasteiger partial charge in [0.15, 0.2) is 0 Å². The van der Waals surface area contributed by atoms with E-state index in [4.69, 9.17) is 4.74 Å². The topological polar surface area (TPSA) is 84.9 Å². The maximum Gasteiger partial charge on any atom is 0.258 e. The van der Waals surface area contributed by atoms with Gasteiger partial charge in [-0.1, -0.05) is 12.1 Å². The van der Waals surface area contributed by atoms with Crippen LogP contribution in [0.1, 0.15) is 16.2 Å². The first kappa shape index (κ1) is 13.0. The zero-order valence-corrected chi connectivity index (χ0v) is 10.9. The third-order valence-corrected chi connectivity index (χ3v) is 2.93. The Morgan fingerprint density at radius 1 is 1.29 bits per heavy atom. The smallest absolute Gasteiger partial charge is 0.258 e. The van der Waals surface area contributed by atoms with Gasteiger partial charge in [0.05, 0.1) is 17.1 Å². The maximum atomic E-state index is 11.9. The second kappa shape index (κ2) is 5.54. The lowest BCUT2D eigenvalue weighted by atomic mass is 10.2. The van der Waals surface area contributed by atoms with E-state index in [1.165, 1.54) is 6.20 Å². The molecule has 0 saturated heterocycles. The van der Waals surface area contributed by atoms with Crippen molar-refractivity contribution in [1.82, 2.24) is 15.0 Å². The third kappa shape index (κ3) is 2.79. The number of hydrogen-bond acceptors (Lipinski definition) is 5. The summed E-state index contributed by atoms with van der Waals surface area (Å²) in [7, 11) is 0. The Morgan fingerprint density at radius 2 is 2.19 bits per heavy atom. The highest BCUT2D eigenvalue weighted by atomic mass is 16.5. The summed E-state index contributed by atoms with van der Waals surface area (Å²) in [6.45, 7) is 0.0996. The highest BCUT2D eigenvalue weighted by Gasteiger charge is 2.04. The molecule has 0 spiro atoms. The zero-order chi connectivity index (χ0) is 14.7. The van der Waals surface area contributed by atoms with Crippen molar-refractivity contribution >= 4 is 17.2 Å². The fraction of sp³-hybridized carbons (Fsp3) is 0.0667. The number of carbonyl (C=O) groups is 1. The molecule has 104 valence electrons. The number of aromatic amines is 1. The van der Waals surface area contributed by atoms with Gasteiger partial charge in [0.25, 0.3) is 5.56 Å². The zero-order valence-electron chi connectivity index (χ0n) is 10.9. The van der Waals surface area contributed by atoms with E-state index in [0.29, 0.717) is 28.0 Å². The van der Waals surface area contributed by atoms with Crippen molar-refractivity contribution in [2.24, 2.45) is 0 Å². The Bertz CT molecular complexity index is 858. The van der Waals surface area contributed by atoms with Crippen molar-refractivity contribution in [3.8, 4) is 5.75 Å². The molecule has 0 radical (unpaired) electrons. The van der Waals surface area contributed by atoms with Crippen molar-refractivity contribution in [3.05, 3.63) is 64.5 Å². The van der Waals surface area contributed by atoms with Gasteiger partial charge in [-0.25, -0.2) is 4.98 Å². The highest BCUT2D eigenvalue weighted by molar-refractivity contribution is 5.76. The molecule has 2 aromatic heterocycles. The lowest BCUT2D eigenvalue weighted by molar-refractivity contribution is 0.112. The van der Waals surface area contributed by atoms with Crippen molar-refractivity contribution < 1.29 is 9.53 Å². The number of rotatable bonds is 4. The van der Waals surface area contributed by atoms with Crippen LogP contribution in [0.5, 0.6) is 5.75 Å². The van der Waals surface area contributed by atoms with E-state index >= 15 is 0 Å². The first-order valence-corrected chi connectivity index (χ1v) is 6.27. The summed E-state index contributed by atoms with van der Waals surface area (Å²) in [5.41, 5.74) is 0.806. The molecule has 2 heterocycles. The number of hydrogen-bond donors (Lipinski definition) is 1. The number of nitrogens with zero attached hydrogens (tertiary/aromatic N) is 2. The molecule has 0 fully saturated rings. The van der Waals surface area contributed by atoms with Crippen LogP contribution in [0.4, 0.5) is 0 Å². The van der Waals surface area contributed by atoms with E-state index in [2.05, 4.69) is 15.0 Å². The molecule has 0 aliphatic carbocycles. The fourth-order valence-corrected chi connectivity index (χ4v) is 1.94. The number of nitrogens with one attached hydrogen (secondary N) is 1. The van der Waals surface area contributed by atoms with E-state index in [0.717, 1.165) is 6.29 Å². The molecule has 6 nitrogen and oxygen atoms in total. The Morgan fingerprint density at radius 3 is 3.05 bits per heavy atom. The molecule has 0 aliphatic heterocycles. The van der Waals surface area contributed by atoms with Crippen LogP contribution in [-0.4, -0.2) is 21.2 Å². The summed E-state index contributed by atoms with van der Waals surface area (Å²) in [5, 5.41) is 0.483. The number of fused-ring (bicyclic) bond motifs is 1. The largest absolute Gasteiger partial charge is 0.486 e. The lowest BCUT2D eigenvalue weighted by Crippen LogP contribution is -2.13. The SMILES string of the molecule is O=Cc1cccc(OCc2nc3cnccc3c(=O)[nH]2)c1. The minimum Gasteiger partial charge on any atom is -0.486 e. The Kier molecular flexibility index (Phi) is 3.42. The van der Waals surface area contributed by atoms with E-state index in [1.807, 2.05) is 0 Å². The lowest BCUT2D eigenvalue weighted by Gasteiger charge is -2.06. The predicted molar refractivity (Wildman–Crippen MR) is 76.3 cm³/mol. The molecule has 3 aromatic rings. The monoisotopic (exact) mass is 281 g/mol. The van der Waals surface area contributed by atoms with Gasteiger partial charge in [-0.05, 0) is 18.2 Å². The van der Waals surface area contributed by atoms with E-state index in [-0.39, 0.29) is 12.2 Å². The van der Waals surface area contributed by atoms with Gasteiger partial charge in [0, 0.05) is 11.8 Å². The molecule has 0 atom stereocenters. The second-order valence-electron chi connectivity index (χ2n) is 4.38. The number of aromatic nitrogens is 3. The molecular weight excluding hydrogens is 270 g/mol. The van der Waals surface area contributed by atoms with Crippen LogP contribution in [0.2, 0.25) is 0 Å². The van der Waals surface area contributed by atoms with E-state index in [9.17, 15) is 9.59 Å². The number of carbonyl (C=O) groups excluding carboxylic acids is 1. The maximum absolute atomic E-state index is 11.9. The van der Waals surface area contributed by atoms with Crippen LogP contribution < -0.4 is 10.3 Å². The molecule has 21 heavy (non-hydrogen) atoms. The summed E-state index contributed by atoms with van der Waals surface area (Å²) >= 11 is 0. The quantitative estimate of drug-likeness (QED) is 0.736. The average molecular weight is 281 g/mol. The van der Waals surface area contributed by atoms with Crippen LogP contribution in [0.3, 0.4) is 0 Å². The summed E-state index contributed by atoms with van der Waals surface area (Å²) in [6, 6.07) is 8.36. The summed E-state index contributed by atoms with van der Waals surface area (Å²) in [5.74, 6) is 0.936. The van der Waals surface area contributed by atoms with E-state index in [1.54, 1.807) is 36.5 Å². The van der Waals surface area contributed by atoms with Gasteiger partial charge in [0.2, 0.25) is 0 Å². The molecule has 0 amide bonds. The highest BCUT2D eigenvalue weighted by Crippen LogP contribution is 2.13. The normalized spacial score (nSPS) is 10.5. The van der Waals surface area contributed by atoms with Crippen molar-refractivity contribution in [2.45, 2.75) is 6.61 Å². The average Bonchev–Trinajstić information content (AvgIpc) is 2.53. The molecule has 0 unspecified atom stereocenters. The van der Waals surface area contributed by atoms with Gasteiger partial charge < -0.3 is 9.72 Å². The first-order valence-electron chi connectivity index (χ1n) is 6.27. The van der Waals surface area contributed by atoms with Gasteiger partial charge in [-0.15, -0.1) is 0 Å². The predicted octanol–water partition coefficient (Wildman–Crippen LogP) is 1.71. The number of aldehydes is 1. The molecule has 0 bridgehead atoms. The van der Waals surface area contributed by atoms with Crippen LogP contribution in [0, 0.1) is 0 Å². The first-order chi connectivity index (χ1) is 10.3. The van der Waals surface area contributed by atoms with E-state index < -0.39 is 0 Å². The van der Waals surface area contributed by atoms with Gasteiger partial charge in [-0.2, -0.15) is 0 Å². The Hall–Kier alpha value is -3.02. The Balaban J connectivity index is 1.85. The Labute approximate surface area is 119 Å². The second-order valence-corrected chi connectivity index (χ2v) is 4.38. The number of benzene rings is 1. The summed E-state index contributed by atoms with van der Waals surface area (Å²) < 4.78 is 5.53. The van der Waals surface area contributed by atoms with Crippen molar-refractivity contribution in [2.75, 3.05) is 0 Å². The molecular formula is C15H11N3O3. The summed E-state index contributed by atoms with van der Waals surface area (Å²) in [6.07, 6.45) is 3.82. The van der Waals surface area contributed by atoms with Crippen LogP contribution in [-0.2, 0) is 6.61 Å². The summed E-state index contributed by atoms with van der Waals surface area (Å²) in [4.78, 5) is 33.5.